The second-order valence-electron chi connectivity index (χ2n) is 6.23. The summed E-state index contributed by atoms with van der Waals surface area (Å²) in [5, 5.41) is 3.60. The smallest absolute Gasteiger partial charge is 0.132 e. The monoisotopic (exact) mass is 315 g/mol. The Labute approximate surface area is 135 Å². The minimum atomic E-state index is 0.775. The summed E-state index contributed by atoms with van der Waals surface area (Å²) in [7, 11) is 0. The Morgan fingerprint density at radius 1 is 1.18 bits per heavy atom. The molecule has 1 aliphatic carbocycles. The normalized spacial score (nSPS) is 19.6. The lowest BCUT2D eigenvalue weighted by Gasteiger charge is -2.35. The van der Waals surface area contributed by atoms with Crippen molar-refractivity contribution < 1.29 is 0 Å². The Hall–Kier alpha value is -1.53. The summed E-state index contributed by atoms with van der Waals surface area (Å²) >= 11 is 1.84. The summed E-state index contributed by atoms with van der Waals surface area (Å²) in [6, 6.07) is 2.07. The molecule has 4 rings (SSSR count). The van der Waals surface area contributed by atoms with Crippen molar-refractivity contribution in [1.29, 1.82) is 0 Å². The standard InChI is InChI=1S/C16H21N5S/c1-12-8-15(18-11-17-12)21-6-4-20(5-7-21)9-14-10-22-16(19-14)13-2-3-13/h8,10-11,13H,2-7,9H2,1H3. The van der Waals surface area contributed by atoms with Gasteiger partial charge in [0.2, 0.25) is 0 Å². The van der Waals surface area contributed by atoms with Crippen molar-refractivity contribution in [3.8, 4) is 0 Å². The predicted molar refractivity (Wildman–Crippen MR) is 88.3 cm³/mol. The minimum Gasteiger partial charge on any atom is -0.354 e. The zero-order valence-electron chi connectivity index (χ0n) is 12.9. The molecule has 2 aromatic rings. The SMILES string of the molecule is Cc1cc(N2CCN(Cc3csc(C4CC4)n3)CC2)ncn1. The van der Waals surface area contributed by atoms with Gasteiger partial charge in [-0.2, -0.15) is 0 Å². The number of hydrogen-bond acceptors (Lipinski definition) is 6. The van der Waals surface area contributed by atoms with Crippen LogP contribution in [-0.2, 0) is 6.54 Å². The maximum Gasteiger partial charge on any atom is 0.132 e. The first-order valence-electron chi connectivity index (χ1n) is 7.98. The highest BCUT2D eigenvalue weighted by molar-refractivity contribution is 7.09. The molecule has 0 unspecified atom stereocenters. The van der Waals surface area contributed by atoms with Gasteiger partial charge in [-0.3, -0.25) is 4.90 Å². The van der Waals surface area contributed by atoms with Gasteiger partial charge >= 0.3 is 0 Å². The minimum absolute atomic E-state index is 0.775. The van der Waals surface area contributed by atoms with Crippen molar-refractivity contribution in [3.63, 3.8) is 0 Å². The number of piperazine rings is 1. The first kappa shape index (κ1) is 14.1. The van der Waals surface area contributed by atoms with Crippen LogP contribution >= 0.6 is 11.3 Å². The maximum absolute atomic E-state index is 4.80. The topological polar surface area (TPSA) is 45.2 Å². The molecule has 3 heterocycles. The Balaban J connectivity index is 1.33. The molecule has 5 nitrogen and oxygen atoms in total. The highest BCUT2D eigenvalue weighted by atomic mass is 32.1. The van der Waals surface area contributed by atoms with Crippen LogP contribution in [0, 0.1) is 6.92 Å². The third kappa shape index (κ3) is 3.13. The van der Waals surface area contributed by atoms with Crippen LogP contribution < -0.4 is 4.90 Å². The molecule has 0 radical (unpaired) electrons. The van der Waals surface area contributed by atoms with Gasteiger partial charge in [0.25, 0.3) is 0 Å². The van der Waals surface area contributed by atoms with Gasteiger partial charge < -0.3 is 4.90 Å². The van der Waals surface area contributed by atoms with Gasteiger partial charge in [-0.25, -0.2) is 15.0 Å². The fourth-order valence-corrected chi connectivity index (χ4v) is 3.87. The highest BCUT2D eigenvalue weighted by Crippen LogP contribution is 2.41. The van der Waals surface area contributed by atoms with E-state index >= 15 is 0 Å². The predicted octanol–water partition coefficient (Wildman–Crippen LogP) is 2.44. The Morgan fingerprint density at radius 3 is 2.73 bits per heavy atom. The van der Waals surface area contributed by atoms with Crippen LogP contribution in [0.2, 0.25) is 0 Å². The molecule has 2 aromatic heterocycles. The quantitative estimate of drug-likeness (QED) is 0.867. The number of aryl methyl sites for hydroxylation is 1. The molecular weight excluding hydrogens is 294 g/mol. The van der Waals surface area contributed by atoms with E-state index in [0.717, 1.165) is 50.2 Å². The molecule has 0 atom stereocenters. The fourth-order valence-electron chi connectivity index (χ4n) is 2.89. The number of nitrogens with zero attached hydrogens (tertiary/aromatic N) is 5. The molecule has 0 aromatic carbocycles. The van der Waals surface area contributed by atoms with Crippen molar-refractivity contribution in [3.05, 3.63) is 34.2 Å². The number of aromatic nitrogens is 3. The van der Waals surface area contributed by atoms with E-state index in [2.05, 4.69) is 31.2 Å². The molecular formula is C16H21N5S. The molecule has 116 valence electrons. The molecule has 0 amide bonds. The van der Waals surface area contributed by atoms with E-state index in [4.69, 9.17) is 4.98 Å². The molecule has 22 heavy (non-hydrogen) atoms. The molecule has 0 spiro atoms. The van der Waals surface area contributed by atoms with E-state index in [-0.39, 0.29) is 0 Å². The first-order chi connectivity index (χ1) is 10.8. The van der Waals surface area contributed by atoms with Crippen LogP contribution in [0.3, 0.4) is 0 Å². The van der Waals surface area contributed by atoms with Gasteiger partial charge in [-0.15, -0.1) is 11.3 Å². The van der Waals surface area contributed by atoms with Crippen molar-refractivity contribution in [2.75, 3.05) is 31.1 Å². The van der Waals surface area contributed by atoms with Crippen LogP contribution in [0.15, 0.2) is 17.8 Å². The Kier molecular flexibility index (Phi) is 3.80. The number of thiazole rings is 1. The van der Waals surface area contributed by atoms with Crippen LogP contribution in [0.25, 0.3) is 0 Å². The van der Waals surface area contributed by atoms with Gasteiger partial charge in [0.15, 0.2) is 0 Å². The molecule has 0 N–H and O–H groups in total. The fraction of sp³-hybridized carbons (Fsp3) is 0.562. The number of rotatable bonds is 4. The summed E-state index contributed by atoms with van der Waals surface area (Å²) in [5.74, 6) is 1.83. The van der Waals surface area contributed by atoms with Crippen molar-refractivity contribution in [2.45, 2.75) is 32.2 Å². The molecule has 1 saturated heterocycles. The van der Waals surface area contributed by atoms with Gasteiger partial charge in [-0.05, 0) is 19.8 Å². The largest absolute Gasteiger partial charge is 0.354 e. The van der Waals surface area contributed by atoms with Crippen LogP contribution in [0.1, 0.15) is 35.2 Å². The average molecular weight is 315 g/mol. The molecule has 2 fully saturated rings. The molecule has 2 aliphatic rings. The lowest BCUT2D eigenvalue weighted by atomic mass is 10.3. The van der Waals surface area contributed by atoms with Crippen molar-refractivity contribution in [2.24, 2.45) is 0 Å². The summed E-state index contributed by atoms with van der Waals surface area (Å²) in [5.41, 5.74) is 2.28. The van der Waals surface area contributed by atoms with Gasteiger partial charge in [-0.1, -0.05) is 0 Å². The average Bonchev–Trinajstić information content (AvgIpc) is 3.28. The van der Waals surface area contributed by atoms with Gasteiger partial charge in [0.05, 0.1) is 10.7 Å². The Morgan fingerprint density at radius 2 is 2.00 bits per heavy atom. The van der Waals surface area contributed by atoms with Crippen LogP contribution in [-0.4, -0.2) is 46.0 Å². The van der Waals surface area contributed by atoms with E-state index < -0.39 is 0 Å². The molecule has 0 bridgehead atoms. The second kappa shape index (κ2) is 5.93. The maximum atomic E-state index is 4.80. The van der Waals surface area contributed by atoms with E-state index in [1.54, 1.807) is 6.33 Å². The summed E-state index contributed by atoms with van der Waals surface area (Å²) in [4.78, 5) is 18.2. The second-order valence-corrected chi connectivity index (χ2v) is 7.12. The Bertz CT molecular complexity index is 643. The molecule has 6 heteroatoms. The third-order valence-electron chi connectivity index (χ3n) is 4.37. The van der Waals surface area contributed by atoms with Crippen molar-refractivity contribution in [1.82, 2.24) is 19.9 Å². The lowest BCUT2D eigenvalue weighted by Crippen LogP contribution is -2.46. The van der Waals surface area contributed by atoms with Crippen LogP contribution in [0.5, 0.6) is 0 Å². The molecule has 1 saturated carbocycles. The summed E-state index contributed by atoms with van der Waals surface area (Å²) in [6.07, 6.45) is 4.33. The van der Waals surface area contributed by atoms with E-state index in [1.165, 1.54) is 23.5 Å². The third-order valence-corrected chi connectivity index (χ3v) is 5.42. The zero-order valence-corrected chi connectivity index (χ0v) is 13.7. The first-order valence-corrected chi connectivity index (χ1v) is 8.86. The lowest BCUT2D eigenvalue weighted by molar-refractivity contribution is 0.247. The van der Waals surface area contributed by atoms with Crippen molar-refractivity contribution >= 4 is 17.2 Å². The summed E-state index contributed by atoms with van der Waals surface area (Å²) < 4.78 is 0. The van der Waals surface area contributed by atoms with E-state index in [0.29, 0.717) is 0 Å². The van der Waals surface area contributed by atoms with Gasteiger partial charge in [0.1, 0.15) is 12.1 Å². The number of hydrogen-bond donors (Lipinski definition) is 0. The highest BCUT2D eigenvalue weighted by Gasteiger charge is 2.27. The summed E-state index contributed by atoms with van der Waals surface area (Å²) in [6.45, 7) is 7.19. The zero-order chi connectivity index (χ0) is 14.9. The van der Waals surface area contributed by atoms with Crippen LogP contribution in [0.4, 0.5) is 5.82 Å². The van der Waals surface area contributed by atoms with Gasteiger partial charge in [0, 0.05) is 55.8 Å². The van der Waals surface area contributed by atoms with E-state index in [1.807, 2.05) is 18.3 Å². The molecule has 1 aliphatic heterocycles. The van der Waals surface area contributed by atoms with E-state index in [9.17, 15) is 0 Å². The number of anilines is 1.